The Bertz CT molecular complexity index is 160. The molecule has 1 aliphatic carbocycles. The van der Waals surface area contributed by atoms with Crippen LogP contribution in [-0.4, -0.2) is 8.07 Å². The lowest BCUT2D eigenvalue weighted by Gasteiger charge is -2.16. The van der Waals surface area contributed by atoms with E-state index in [2.05, 4.69) is 43.9 Å². The monoisotopic (exact) mass is 166 g/mol. The third kappa shape index (κ3) is 3.56. The maximum Gasteiger partial charge on any atom is 0.0443 e. The van der Waals surface area contributed by atoms with Gasteiger partial charge < -0.3 is 0 Å². The van der Waals surface area contributed by atoms with Gasteiger partial charge in [-0.1, -0.05) is 50.0 Å². The first-order valence-corrected chi connectivity index (χ1v) is 8.14. The van der Waals surface area contributed by atoms with Gasteiger partial charge in [-0.2, -0.15) is 0 Å². The van der Waals surface area contributed by atoms with Gasteiger partial charge in [0.25, 0.3) is 0 Å². The van der Waals surface area contributed by atoms with E-state index in [0.29, 0.717) is 0 Å². The maximum absolute atomic E-state index is 2.44. The van der Waals surface area contributed by atoms with Gasteiger partial charge in [0, 0.05) is 8.07 Å². The fourth-order valence-electron chi connectivity index (χ4n) is 1.27. The SMILES string of the molecule is C[Si](C)(C)CCC1C=CC=C1. The molecule has 1 rings (SSSR count). The second-order valence-electron chi connectivity index (χ2n) is 4.53. The predicted molar refractivity (Wildman–Crippen MR) is 54.5 cm³/mol. The summed E-state index contributed by atoms with van der Waals surface area (Å²) in [5, 5.41) is 0. The third-order valence-corrected chi connectivity index (χ3v) is 3.84. The average molecular weight is 166 g/mol. The molecule has 0 radical (unpaired) electrons. The normalized spacial score (nSPS) is 18.1. The second kappa shape index (κ2) is 3.40. The molecule has 0 N–H and O–H groups in total. The summed E-state index contributed by atoms with van der Waals surface area (Å²) < 4.78 is 0. The minimum Gasteiger partial charge on any atom is -0.0776 e. The number of rotatable bonds is 3. The molecule has 0 saturated carbocycles. The van der Waals surface area contributed by atoms with Crippen LogP contribution in [0, 0.1) is 5.92 Å². The quantitative estimate of drug-likeness (QED) is 0.563. The molecule has 62 valence electrons. The van der Waals surface area contributed by atoms with Crippen molar-refractivity contribution in [3.8, 4) is 0 Å². The molecule has 0 fully saturated rings. The van der Waals surface area contributed by atoms with Crippen LogP contribution >= 0.6 is 0 Å². The van der Waals surface area contributed by atoms with Gasteiger partial charge in [-0.3, -0.25) is 0 Å². The van der Waals surface area contributed by atoms with Crippen LogP contribution < -0.4 is 0 Å². The van der Waals surface area contributed by atoms with Crippen molar-refractivity contribution in [2.45, 2.75) is 32.1 Å². The zero-order valence-electron chi connectivity index (χ0n) is 7.80. The Morgan fingerprint density at radius 1 is 1.09 bits per heavy atom. The van der Waals surface area contributed by atoms with Gasteiger partial charge in [-0.05, 0) is 12.3 Å². The second-order valence-corrected chi connectivity index (χ2v) is 10.2. The van der Waals surface area contributed by atoms with Gasteiger partial charge in [0.1, 0.15) is 0 Å². The minimum atomic E-state index is -0.793. The fraction of sp³-hybridized carbons (Fsp3) is 0.600. The smallest absolute Gasteiger partial charge is 0.0443 e. The Morgan fingerprint density at radius 3 is 2.09 bits per heavy atom. The standard InChI is InChI=1S/C10H18Si/c1-11(2,3)9-8-10-6-4-5-7-10/h4-7,10H,8-9H2,1-3H3. The Hall–Kier alpha value is -0.303. The summed E-state index contributed by atoms with van der Waals surface area (Å²) in [6, 6.07) is 1.45. The summed E-state index contributed by atoms with van der Waals surface area (Å²) in [5.41, 5.74) is 0. The van der Waals surface area contributed by atoms with E-state index in [-0.39, 0.29) is 0 Å². The van der Waals surface area contributed by atoms with Crippen LogP contribution in [-0.2, 0) is 0 Å². The zero-order chi connectivity index (χ0) is 8.32. The number of hydrogen-bond acceptors (Lipinski definition) is 0. The van der Waals surface area contributed by atoms with E-state index < -0.39 is 8.07 Å². The highest BCUT2D eigenvalue weighted by molar-refractivity contribution is 6.76. The molecular formula is C10H18Si. The van der Waals surface area contributed by atoms with Gasteiger partial charge in [0.2, 0.25) is 0 Å². The summed E-state index contributed by atoms with van der Waals surface area (Å²) in [6.45, 7) is 7.32. The van der Waals surface area contributed by atoms with Crippen LogP contribution in [0.3, 0.4) is 0 Å². The van der Waals surface area contributed by atoms with Crippen LogP contribution in [0.4, 0.5) is 0 Å². The molecule has 0 aromatic rings. The maximum atomic E-state index is 2.44. The summed E-state index contributed by atoms with van der Waals surface area (Å²) >= 11 is 0. The third-order valence-electron chi connectivity index (χ3n) is 2.06. The van der Waals surface area contributed by atoms with Gasteiger partial charge in [0.15, 0.2) is 0 Å². The van der Waals surface area contributed by atoms with E-state index >= 15 is 0 Å². The lowest BCUT2D eigenvalue weighted by molar-refractivity contribution is 0.772. The van der Waals surface area contributed by atoms with E-state index in [4.69, 9.17) is 0 Å². The highest BCUT2D eigenvalue weighted by Crippen LogP contribution is 2.20. The first-order chi connectivity index (χ1) is 5.08. The average Bonchev–Trinajstić information content (AvgIpc) is 2.32. The molecule has 11 heavy (non-hydrogen) atoms. The van der Waals surface area contributed by atoms with Crippen molar-refractivity contribution < 1.29 is 0 Å². The molecule has 0 unspecified atom stereocenters. The molecule has 0 aromatic heterocycles. The van der Waals surface area contributed by atoms with Crippen molar-refractivity contribution in [3.63, 3.8) is 0 Å². The largest absolute Gasteiger partial charge is 0.0776 e. The van der Waals surface area contributed by atoms with E-state index in [0.717, 1.165) is 5.92 Å². The fourth-order valence-corrected chi connectivity index (χ4v) is 2.47. The molecule has 1 heteroatoms. The lowest BCUT2D eigenvalue weighted by atomic mass is 10.1. The molecular weight excluding hydrogens is 148 g/mol. The highest BCUT2D eigenvalue weighted by atomic mass is 28.3. The molecule has 0 nitrogen and oxygen atoms in total. The molecule has 0 amide bonds. The van der Waals surface area contributed by atoms with Crippen molar-refractivity contribution in [2.24, 2.45) is 5.92 Å². The van der Waals surface area contributed by atoms with Crippen molar-refractivity contribution in [2.75, 3.05) is 0 Å². The van der Waals surface area contributed by atoms with Gasteiger partial charge in [0.05, 0.1) is 0 Å². The number of hydrogen-bond donors (Lipinski definition) is 0. The van der Waals surface area contributed by atoms with Crippen LogP contribution in [0.25, 0.3) is 0 Å². The molecule has 0 heterocycles. The van der Waals surface area contributed by atoms with E-state index in [1.807, 2.05) is 0 Å². The van der Waals surface area contributed by atoms with Gasteiger partial charge in [-0.25, -0.2) is 0 Å². The molecule has 0 aliphatic heterocycles. The molecule has 0 atom stereocenters. The molecule has 0 aromatic carbocycles. The van der Waals surface area contributed by atoms with E-state index in [9.17, 15) is 0 Å². The Labute approximate surface area is 71.0 Å². The van der Waals surface area contributed by atoms with Crippen LogP contribution in [0.15, 0.2) is 24.3 Å². The van der Waals surface area contributed by atoms with E-state index in [1.54, 1.807) is 0 Å². The Balaban J connectivity index is 2.23. The highest BCUT2D eigenvalue weighted by Gasteiger charge is 2.14. The van der Waals surface area contributed by atoms with Crippen molar-refractivity contribution >= 4 is 8.07 Å². The summed E-state index contributed by atoms with van der Waals surface area (Å²) in [7, 11) is -0.793. The Kier molecular flexibility index (Phi) is 2.71. The summed E-state index contributed by atoms with van der Waals surface area (Å²) in [5.74, 6) is 0.752. The summed E-state index contributed by atoms with van der Waals surface area (Å²) in [4.78, 5) is 0. The molecule has 1 aliphatic rings. The summed E-state index contributed by atoms with van der Waals surface area (Å²) in [6.07, 6.45) is 10.3. The first kappa shape index (κ1) is 8.79. The molecule has 0 saturated heterocycles. The zero-order valence-corrected chi connectivity index (χ0v) is 8.80. The predicted octanol–water partition coefficient (Wildman–Crippen LogP) is 3.46. The van der Waals surface area contributed by atoms with Gasteiger partial charge >= 0.3 is 0 Å². The van der Waals surface area contributed by atoms with Gasteiger partial charge in [-0.15, -0.1) is 0 Å². The lowest BCUT2D eigenvalue weighted by Crippen LogP contribution is -2.19. The molecule has 0 bridgehead atoms. The topological polar surface area (TPSA) is 0 Å². The first-order valence-electron chi connectivity index (χ1n) is 4.43. The van der Waals surface area contributed by atoms with Crippen LogP contribution in [0.5, 0.6) is 0 Å². The van der Waals surface area contributed by atoms with Crippen molar-refractivity contribution in [1.82, 2.24) is 0 Å². The van der Waals surface area contributed by atoms with Crippen LogP contribution in [0.2, 0.25) is 25.7 Å². The number of allylic oxidation sites excluding steroid dienone is 4. The minimum absolute atomic E-state index is 0.752. The van der Waals surface area contributed by atoms with Crippen molar-refractivity contribution in [3.05, 3.63) is 24.3 Å². The Morgan fingerprint density at radius 2 is 1.64 bits per heavy atom. The molecule has 0 spiro atoms. The van der Waals surface area contributed by atoms with E-state index in [1.165, 1.54) is 12.5 Å². The van der Waals surface area contributed by atoms with Crippen molar-refractivity contribution in [1.29, 1.82) is 0 Å². The van der Waals surface area contributed by atoms with Crippen LogP contribution in [0.1, 0.15) is 6.42 Å².